The summed E-state index contributed by atoms with van der Waals surface area (Å²) in [4.78, 5) is 3.63. The Morgan fingerprint density at radius 1 is 0.963 bits per heavy atom. The van der Waals surface area contributed by atoms with Gasteiger partial charge in [0.2, 0.25) is 0 Å². The van der Waals surface area contributed by atoms with Gasteiger partial charge in [-0.3, -0.25) is 0 Å². The number of benzene rings is 2. The number of aryl methyl sites for hydroxylation is 3. The highest BCUT2D eigenvalue weighted by Crippen LogP contribution is 2.35. The summed E-state index contributed by atoms with van der Waals surface area (Å²) >= 11 is 0. The van der Waals surface area contributed by atoms with Crippen molar-refractivity contribution in [1.82, 2.24) is 4.98 Å². The number of nitrogens with one attached hydrogen (secondary N) is 1. The first-order valence-electron chi connectivity index (χ1n) is 9.40. The average molecular weight is 422 g/mol. The smallest absolute Gasteiger partial charge is 0.176 e. The van der Waals surface area contributed by atoms with Gasteiger partial charge in [0.05, 0.1) is 17.0 Å². The molecule has 0 amide bonds. The minimum Gasteiger partial charge on any atom is -1.00 e. The van der Waals surface area contributed by atoms with E-state index in [0.29, 0.717) is 6.42 Å². The Balaban J connectivity index is 0.00000210. The number of unbranched alkanes of at least 4 members (excludes halogenated alkanes) is 3. The molecule has 1 N–H and O–H groups in total. The van der Waals surface area contributed by atoms with Gasteiger partial charge in [-0.2, -0.15) is 5.26 Å². The molecule has 0 aliphatic heterocycles. The third-order valence-corrected chi connectivity index (χ3v) is 5.49. The maximum absolute atomic E-state index is 8.64. The van der Waals surface area contributed by atoms with E-state index in [0.717, 1.165) is 25.8 Å². The summed E-state index contributed by atoms with van der Waals surface area (Å²) in [6.07, 6.45) is 8.37. The highest BCUT2D eigenvalue weighted by atomic mass is 79.9. The van der Waals surface area contributed by atoms with Gasteiger partial charge in [0.25, 0.3) is 0 Å². The Bertz CT molecular complexity index is 1150. The molecule has 0 bridgehead atoms. The fourth-order valence-electron chi connectivity index (χ4n) is 4.06. The number of hydrogen-bond acceptors (Lipinski definition) is 1. The first-order chi connectivity index (χ1) is 12.7. The molecule has 0 spiro atoms. The number of aromatic amines is 1. The van der Waals surface area contributed by atoms with Crippen LogP contribution in [0.1, 0.15) is 36.8 Å². The van der Waals surface area contributed by atoms with E-state index in [4.69, 9.17) is 5.26 Å². The van der Waals surface area contributed by atoms with E-state index in [1.54, 1.807) is 0 Å². The van der Waals surface area contributed by atoms with Crippen LogP contribution in [0.3, 0.4) is 0 Å². The summed E-state index contributed by atoms with van der Waals surface area (Å²) in [5.41, 5.74) is 5.12. The molecule has 4 aromatic rings. The normalized spacial score (nSPS) is 11.0. The van der Waals surface area contributed by atoms with Gasteiger partial charge in [0.15, 0.2) is 12.4 Å². The molecule has 0 aliphatic rings. The molecule has 3 nitrogen and oxygen atoms in total. The van der Waals surface area contributed by atoms with Gasteiger partial charge in [-0.1, -0.05) is 18.2 Å². The summed E-state index contributed by atoms with van der Waals surface area (Å²) in [5, 5.41) is 13.9. The summed E-state index contributed by atoms with van der Waals surface area (Å²) in [6.45, 7) is 5.46. The number of para-hydroxylation sites is 1. The Hall–Kier alpha value is -2.38. The second-order valence-corrected chi connectivity index (χ2v) is 7.15. The molecule has 2 heterocycles. The molecule has 0 fully saturated rings. The Kier molecular flexibility index (Phi) is 5.82. The summed E-state index contributed by atoms with van der Waals surface area (Å²) in [6, 6.07) is 13.0. The number of rotatable bonds is 5. The van der Waals surface area contributed by atoms with E-state index in [9.17, 15) is 0 Å². The Morgan fingerprint density at radius 2 is 1.78 bits per heavy atom. The van der Waals surface area contributed by atoms with Crippen LogP contribution in [0, 0.1) is 25.2 Å². The van der Waals surface area contributed by atoms with Crippen molar-refractivity contribution in [2.45, 2.75) is 46.1 Å². The van der Waals surface area contributed by atoms with Crippen LogP contribution < -0.4 is 21.5 Å². The summed E-state index contributed by atoms with van der Waals surface area (Å²) in [7, 11) is 0. The monoisotopic (exact) mass is 421 g/mol. The van der Waals surface area contributed by atoms with Gasteiger partial charge in [-0.05, 0) is 49.3 Å². The van der Waals surface area contributed by atoms with E-state index in [1.165, 1.54) is 43.7 Å². The molecule has 0 unspecified atom stereocenters. The van der Waals surface area contributed by atoms with Crippen molar-refractivity contribution in [1.29, 1.82) is 5.26 Å². The molecule has 0 aliphatic carbocycles. The Morgan fingerprint density at radius 3 is 2.59 bits per heavy atom. The van der Waals surface area contributed by atoms with E-state index < -0.39 is 0 Å². The summed E-state index contributed by atoms with van der Waals surface area (Å²) in [5.74, 6) is 0. The molecule has 0 saturated carbocycles. The molecular weight excluding hydrogens is 398 g/mol. The molecule has 0 radical (unpaired) electrons. The van der Waals surface area contributed by atoms with Crippen molar-refractivity contribution in [2.24, 2.45) is 0 Å². The van der Waals surface area contributed by atoms with E-state index in [2.05, 4.69) is 72.2 Å². The van der Waals surface area contributed by atoms with E-state index >= 15 is 0 Å². The van der Waals surface area contributed by atoms with Crippen molar-refractivity contribution in [2.75, 3.05) is 0 Å². The predicted molar refractivity (Wildman–Crippen MR) is 107 cm³/mol. The standard InChI is InChI=1S/C23H23N3.BrH/c1-16-18-11-14-26(13-8-4-3-7-12-24)15-20(18)17(2)23-22(16)19-9-5-6-10-21(19)25-23;/h5-6,9-11,14-15H,3-4,7-8,13H2,1-2H3;1H. The van der Waals surface area contributed by atoms with Gasteiger partial charge in [0.1, 0.15) is 6.54 Å². The maximum atomic E-state index is 8.64. The molecule has 0 saturated heterocycles. The van der Waals surface area contributed by atoms with Crippen LogP contribution in [0.4, 0.5) is 0 Å². The van der Waals surface area contributed by atoms with Gasteiger partial charge in [-0.15, -0.1) is 0 Å². The minimum atomic E-state index is 0. The van der Waals surface area contributed by atoms with Crippen LogP contribution in [-0.2, 0) is 6.54 Å². The molecule has 4 rings (SSSR count). The van der Waals surface area contributed by atoms with Gasteiger partial charge < -0.3 is 22.0 Å². The highest BCUT2D eigenvalue weighted by Gasteiger charge is 2.16. The average Bonchev–Trinajstić information content (AvgIpc) is 3.06. The molecule has 138 valence electrons. The molecule has 27 heavy (non-hydrogen) atoms. The molecule has 2 aromatic carbocycles. The largest absolute Gasteiger partial charge is 1.00 e. The fraction of sp³-hybridized carbons (Fsp3) is 0.304. The lowest BCUT2D eigenvalue weighted by Gasteiger charge is -2.08. The van der Waals surface area contributed by atoms with Crippen molar-refractivity contribution in [3.8, 4) is 6.07 Å². The topological polar surface area (TPSA) is 43.5 Å². The van der Waals surface area contributed by atoms with E-state index in [1.807, 2.05) is 0 Å². The van der Waals surface area contributed by atoms with E-state index in [-0.39, 0.29) is 17.0 Å². The first kappa shape index (κ1) is 19.4. The first-order valence-corrected chi connectivity index (χ1v) is 9.40. The second kappa shape index (κ2) is 8.10. The second-order valence-electron chi connectivity index (χ2n) is 7.15. The third-order valence-electron chi connectivity index (χ3n) is 5.49. The third kappa shape index (κ3) is 3.44. The number of fused-ring (bicyclic) bond motifs is 4. The highest BCUT2D eigenvalue weighted by molar-refractivity contribution is 6.16. The number of nitriles is 1. The zero-order valence-electron chi connectivity index (χ0n) is 15.8. The number of aromatic nitrogens is 2. The number of nitrogens with zero attached hydrogens (tertiary/aromatic N) is 2. The number of pyridine rings is 1. The minimum absolute atomic E-state index is 0. The number of H-pyrrole nitrogens is 1. The lowest BCUT2D eigenvalue weighted by Crippen LogP contribution is -3.00. The van der Waals surface area contributed by atoms with Crippen LogP contribution in [0.15, 0.2) is 42.7 Å². The zero-order valence-corrected chi connectivity index (χ0v) is 17.4. The van der Waals surface area contributed by atoms with Crippen LogP contribution in [-0.4, -0.2) is 4.98 Å². The molecule has 4 heteroatoms. The fourth-order valence-corrected chi connectivity index (χ4v) is 4.06. The van der Waals surface area contributed by atoms with Crippen LogP contribution >= 0.6 is 0 Å². The predicted octanol–water partition coefficient (Wildman–Crippen LogP) is 2.47. The van der Waals surface area contributed by atoms with Crippen LogP contribution in [0.2, 0.25) is 0 Å². The van der Waals surface area contributed by atoms with Crippen LogP contribution in [0.5, 0.6) is 0 Å². The number of hydrogen-bond donors (Lipinski definition) is 1. The molecule has 2 aromatic heterocycles. The van der Waals surface area contributed by atoms with Crippen molar-refractivity contribution < 1.29 is 21.5 Å². The van der Waals surface area contributed by atoms with Crippen molar-refractivity contribution >= 4 is 32.6 Å². The SMILES string of the molecule is Cc1c2c[n+](CCCCCC#N)ccc2c(C)c2c1[nH]c1ccccc12.[Br-]. The zero-order chi connectivity index (χ0) is 18.1. The van der Waals surface area contributed by atoms with Gasteiger partial charge in [0, 0.05) is 35.2 Å². The lowest BCUT2D eigenvalue weighted by molar-refractivity contribution is -0.696. The van der Waals surface area contributed by atoms with Crippen LogP contribution in [0.25, 0.3) is 32.6 Å². The number of halogens is 1. The van der Waals surface area contributed by atoms with Crippen molar-refractivity contribution in [3.63, 3.8) is 0 Å². The quantitative estimate of drug-likeness (QED) is 0.390. The van der Waals surface area contributed by atoms with Gasteiger partial charge >= 0.3 is 0 Å². The molecule has 0 atom stereocenters. The van der Waals surface area contributed by atoms with Gasteiger partial charge in [-0.25, -0.2) is 4.57 Å². The van der Waals surface area contributed by atoms with Crippen molar-refractivity contribution in [3.05, 3.63) is 53.9 Å². The maximum Gasteiger partial charge on any atom is 0.176 e. The summed E-state index contributed by atoms with van der Waals surface area (Å²) < 4.78 is 2.29. The Labute approximate surface area is 170 Å². The lowest BCUT2D eigenvalue weighted by atomic mass is 9.97. The molecular formula is C23H24BrN3.